The number of nitrogens with one attached hydrogen (secondary N) is 5. The molecule has 0 fully saturated rings. The standard InChI is InChI=1S/C22H22ClF3N8S/c1-12(30-17-9-15(23)21(31-13(17)2)33-29-8-7-27)14(10-28)20(22(24,25)26)32-16-5-4-6-18-19(16)34(3)11-35-18/h4-10,27-28,30,32H,1,11H2,2-3H3,(H,31,33)/b20-14+,27-7?,28-10?,29-8-. The second-order valence-corrected chi connectivity index (χ2v) is 8.69. The number of halogens is 4. The first-order valence-electron chi connectivity index (χ1n) is 10.0. The van der Waals surface area contributed by atoms with Crippen molar-refractivity contribution < 1.29 is 13.2 Å². The average Bonchev–Trinajstić information content (AvgIpc) is 3.18. The molecule has 1 aliphatic heterocycles. The average molecular weight is 523 g/mol. The normalized spacial score (nSPS) is 13.8. The third kappa shape index (κ3) is 5.95. The van der Waals surface area contributed by atoms with E-state index in [4.69, 9.17) is 22.4 Å². The highest BCUT2D eigenvalue weighted by Crippen LogP contribution is 2.44. The lowest BCUT2D eigenvalue weighted by Gasteiger charge is -2.23. The molecule has 0 spiro atoms. The van der Waals surface area contributed by atoms with E-state index in [0.717, 1.165) is 11.1 Å². The molecular weight excluding hydrogens is 501 g/mol. The van der Waals surface area contributed by atoms with Crippen LogP contribution in [0.3, 0.4) is 0 Å². The number of allylic oxidation sites excluding steroid dienone is 2. The van der Waals surface area contributed by atoms with Crippen LogP contribution in [0, 0.1) is 17.7 Å². The topological polar surface area (TPSA) is 112 Å². The maximum Gasteiger partial charge on any atom is 0.431 e. The molecule has 0 saturated carbocycles. The summed E-state index contributed by atoms with van der Waals surface area (Å²) < 4.78 is 42.5. The number of pyridine rings is 1. The van der Waals surface area contributed by atoms with Gasteiger partial charge in [0.1, 0.15) is 5.70 Å². The van der Waals surface area contributed by atoms with E-state index < -0.39 is 17.4 Å². The predicted octanol–water partition coefficient (Wildman–Crippen LogP) is 6.09. The van der Waals surface area contributed by atoms with Crippen LogP contribution in [0.4, 0.5) is 36.1 Å². The largest absolute Gasteiger partial charge is 0.431 e. The third-order valence-corrected chi connectivity index (χ3v) is 6.29. The van der Waals surface area contributed by atoms with E-state index in [1.807, 2.05) is 11.0 Å². The SMILES string of the molecule is C=C(Nc1cc(Cl)c(N/N=C\C=N)nc1C)/C(C=N)=C(/Nc1cccc2c1N(C)CS2)C(F)(F)F. The number of hydrazone groups is 1. The van der Waals surface area contributed by atoms with E-state index in [-0.39, 0.29) is 22.2 Å². The summed E-state index contributed by atoms with van der Waals surface area (Å²) in [7, 11) is 1.80. The van der Waals surface area contributed by atoms with E-state index in [1.165, 1.54) is 24.0 Å². The number of nitrogens with zero attached hydrogens (tertiary/aromatic N) is 3. The number of hydrogen-bond acceptors (Lipinski definition) is 9. The molecule has 0 atom stereocenters. The van der Waals surface area contributed by atoms with Gasteiger partial charge in [0.05, 0.1) is 39.9 Å². The quantitative estimate of drug-likeness (QED) is 0.155. The van der Waals surface area contributed by atoms with Crippen LogP contribution in [0.1, 0.15) is 5.69 Å². The molecule has 2 heterocycles. The smallest absolute Gasteiger partial charge is 0.362 e. The Kier molecular flexibility index (Phi) is 8.07. The van der Waals surface area contributed by atoms with Gasteiger partial charge in [0.15, 0.2) is 5.82 Å². The molecule has 0 radical (unpaired) electrons. The molecule has 35 heavy (non-hydrogen) atoms. The molecule has 5 N–H and O–H groups in total. The van der Waals surface area contributed by atoms with Crippen molar-refractivity contribution in [3.8, 4) is 0 Å². The fraction of sp³-hybridized carbons (Fsp3) is 0.182. The first-order valence-corrected chi connectivity index (χ1v) is 11.4. The number of anilines is 4. The Bertz CT molecular complexity index is 1230. The summed E-state index contributed by atoms with van der Waals surface area (Å²) in [6.45, 7) is 5.35. The summed E-state index contributed by atoms with van der Waals surface area (Å²) in [5, 5.41) is 23.8. The van der Waals surface area contributed by atoms with Crippen LogP contribution in [0.25, 0.3) is 0 Å². The van der Waals surface area contributed by atoms with Crippen molar-refractivity contribution in [2.45, 2.75) is 18.0 Å². The Labute approximate surface area is 209 Å². The number of rotatable bonds is 9. The molecular formula is C22H22ClF3N8S. The zero-order valence-electron chi connectivity index (χ0n) is 18.7. The van der Waals surface area contributed by atoms with Gasteiger partial charge in [0, 0.05) is 35.6 Å². The molecule has 2 aromatic rings. The second kappa shape index (κ2) is 10.8. The number of alkyl halides is 3. The fourth-order valence-electron chi connectivity index (χ4n) is 3.25. The van der Waals surface area contributed by atoms with E-state index in [1.54, 1.807) is 26.1 Å². The highest BCUT2D eigenvalue weighted by Gasteiger charge is 2.38. The van der Waals surface area contributed by atoms with Crippen molar-refractivity contribution >= 4 is 64.9 Å². The molecule has 0 saturated heterocycles. The number of aryl methyl sites for hydroxylation is 1. The molecule has 1 aliphatic rings. The predicted molar refractivity (Wildman–Crippen MR) is 139 cm³/mol. The van der Waals surface area contributed by atoms with Gasteiger partial charge in [0.2, 0.25) is 0 Å². The Morgan fingerprint density at radius 2 is 2.03 bits per heavy atom. The van der Waals surface area contributed by atoms with E-state index in [0.29, 0.717) is 29.2 Å². The summed E-state index contributed by atoms with van der Waals surface area (Å²) in [6, 6.07) is 6.54. The molecule has 0 bridgehead atoms. The number of benzene rings is 1. The zero-order valence-corrected chi connectivity index (χ0v) is 20.3. The number of para-hydroxylation sites is 1. The molecule has 184 valence electrons. The lowest BCUT2D eigenvalue weighted by atomic mass is 10.1. The number of aromatic nitrogens is 1. The van der Waals surface area contributed by atoms with Crippen LogP contribution in [-0.2, 0) is 0 Å². The molecule has 1 aromatic heterocycles. The van der Waals surface area contributed by atoms with E-state index in [2.05, 4.69) is 32.7 Å². The van der Waals surface area contributed by atoms with Crippen LogP contribution in [0.2, 0.25) is 5.02 Å². The minimum absolute atomic E-state index is 0.142. The Morgan fingerprint density at radius 3 is 2.69 bits per heavy atom. The van der Waals surface area contributed by atoms with Crippen molar-refractivity contribution in [2.24, 2.45) is 5.10 Å². The molecule has 1 aromatic carbocycles. The van der Waals surface area contributed by atoms with Gasteiger partial charge in [0.25, 0.3) is 0 Å². The highest BCUT2D eigenvalue weighted by atomic mass is 35.5. The molecule has 0 amide bonds. The summed E-state index contributed by atoms with van der Waals surface area (Å²) in [5.74, 6) is 0.828. The van der Waals surface area contributed by atoms with Gasteiger partial charge in [-0.3, -0.25) is 5.43 Å². The summed E-state index contributed by atoms with van der Waals surface area (Å²) in [6.07, 6.45) is -2.05. The van der Waals surface area contributed by atoms with Crippen molar-refractivity contribution in [3.63, 3.8) is 0 Å². The van der Waals surface area contributed by atoms with Crippen LogP contribution in [0.5, 0.6) is 0 Å². The molecule has 0 aliphatic carbocycles. The Morgan fingerprint density at radius 1 is 1.29 bits per heavy atom. The van der Waals surface area contributed by atoms with E-state index in [9.17, 15) is 13.2 Å². The first kappa shape index (κ1) is 26.1. The summed E-state index contributed by atoms with van der Waals surface area (Å²) in [5.41, 5.74) is 2.44. The maximum atomic E-state index is 14.2. The van der Waals surface area contributed by atoms with Gasteiger partial charge in [-0.15, -0.1) is 11.8 Å². The Hall–Kier alpha value is -3.51. The van der Waals surface area contributed by atoms with Gasteiger partial charge in [-0.25, -0.2) is 4.98 Å². The molecule has 13 heteroatoms. The number of hydrogen-bond donors (Lipinski definition) is 5. The zero-order chi connectivity index (χ0) is 25.8. The molecule has 0 unspecified atom stereocenters. The lowest BCUT2D eigenvalue weighted by molar-refractivity contribution is -0.0906. The van der Waals surface area contributed by atoms with Gasteiger partial charge in [-0.05, 0) is 25.1 Å². The van der Waals surface area contributed by atoms with Crippen molar-refractivity contribution in [1.82, 2.24) is 4.98 Å². The summed E-state index contributed by atoms with van der Waals surface area (Å²) in [4.78, 5) is 6.95. The number of fused-ring (bicyclic) bond motifs is 1. The summed E-state index contributed by atoms with van der Waals surface area (Å²) >= 11 is 7.73. The first-order chi connectivity index (χ1) is 16.6. The third-order valence-electron chi connectivity index (χ3n) is 4.85. The molecule has 3 rings (SSSR count). The molecule has 8 nitrogen and oxygen atoms in total. The minimum Gasteiger partial charge on any atom is -0.362 e. The van der Waals surface area contributed by atoms with Crippen molar-refractivity contribution in [3.05, 3.63) is 58.5 Å². The highest BCUT2D eigenvalue weighted by molar-refractivity contribution is 7.99. The minimum atomic E-state index is -4.80. The van der Waals surface area contributed by atoms with E-state index >= 15 is 0 Å². The second-order valence-electron chi connectivity index (χ2n) is 7.29. The van der Waals surface area contributed by atoms with Crippen LogP contribution < -0.4 is 21.0 Å². The van der Waals surface area contributed by atoms with Crippen molar-refractivity contribution in [2.75, 3.05) is 33.9 Å². The van der Waals surface area contributed by atoms with Gasteiger partial charge < -0.3 is 26.4 Å². The Balaban J connectivity index is 1.96. The van der Waals surface area contributed by atoms with Gasteiger partial charge in [-0.2, -0.15) is 18.3 Å². The monoisotopic (exact) mass is 522 g/mol. The van der Waals surface area contributed by atoms with Crippen LogP contribution >= 0.6 is 23.4 Å². The lowest BCUT2D eigenvalue weighted by Crippen LogP contribution is -2.25. The van der Waals surface area contributed by atoms with Gasteiger partial charge >= 0.3 is 6.18 Å². The van der Waals surface area contributed by atoms with Crippen LogP contribution in [-0.4, -0.2) is 42.7 Å². The fourth-order valence-corrected chi connectivity index (χ4v) is 4.48. The van der Waals surface area contributed by atoms with Crippen molar-refractivity contribution in [1.29, 1.82) is 10.8 Å². The van der Waals surface area contributed by atoms with Crippen LogP contribution in [0.15, 0.2) is 57.8 Å². The maximum absolute atomic E-state index is 14.2. The number of thioether (sulfide) groups is 1. The van der Waals surface area contributed by atoms with Gasteiger partial charge in [-0.1, -0.05) is 24.2 Å².